The van der Waals surface area contributed by atoms with Crippen LogP contribution in [0.5, 0.6) is 0 Å². The van der Waals surface area contributed by atoms with Crippen LogP contribution in [0.3, 0.4) is 0 Å². The summed E-state index contributed by atoms with van der Waals surface area (Å²) in [5.74, 6) is 0.258. The van der Waals surface area contributed by atoms with Crippen LogP contribution >= 0.6 is 0 Å². The number of carbonyl (C=O) groups excluding carboxylic acids is 1. The van der Waals surface area contributed by atoms with Crippen molar-refractivity contribution >= 4 is 23.1 Å². The molecule has 0 saturated carbocycles. The largest absolute Gasteiger partial charge is 0.369 e. The quantitative estimate of drug-likeness (QED) is 0.909. The van der Waals surface area contributed by atoms with Crippen molar-refractivity contribution in [3.05, 3.63) is 47.9 Å². The number of fused-ring (bicyclic) bond motifs is 1. The average Bonchev–Trinajstić information content (AvgIpc) is 2.76. The van der Waals surface area contributed by atoms with Gasteiger partial charge in [0.1, 0.15) is 17.7 Å². The van der Waals surface area contributed by atoms with Crippen molar-refractivity contribution in [2.45, 2.75) is 6.04 Å². The molecule has 2 heterocycles. The molecule has 1 aliphatic heterocycles. The molecule has 1 unspecified atom stereocenters. The van der Waals surface area contributed by atoms with E-state index in [0.717, 1.165) is 5.82 Å². The lowest BCUT2D eigenvalue weighted by molar-refractivity contribution is -0.116. The van der Waals surface area contributed by atoms with Crippen LogP contribution in [0.4, 0.5) is 21.6 Å². The zero-order chi connectivity index (χ0) is 15.0. The second kappa shape index (κ2) is 5.05. The lowest BCUT2D eigenvalue weighted by Gasteiger charge is -2.15. The third kappa shape index (κ3) is 2.52. The molecule has 0 spiro atoms. The normalized spacial score (nSPS) is 16.3. The Balaban J connectivity index is 1.85. The Hall–Kier alpha value is -2.63. The summed E-state index contributed by atoms with van der Waals surface area (Å²) in [4.78, 5) is 18.2. The van der Waals surface area contributed by atoms with E-state index in [0.29, 0.717) is 16.9 Å². The van der Waals surface area contributed by atoms with E-state index in [1.54, 1.807) is 12.3 Å². The fourth-order valence-corrected chi connectivity index (χ4v) is 2.28. The molecule has 0 radical (unpaired) electrons. The first-order valence-corrected chi connectivity index (χ1v) is 6.55. The standard InChI is InChI=1S/C15H15FN4O/c1-20(2)13-6-4-10(8-17-13)18-14-11-7-9(16)3-5-12(11)19-15(14)21/h3-8,14,18H,1-2H3,(H,19,21). The highest BCUT2D eigenvalue weighted by atomic mass is 19.1. The Labute approximate surface area is 121 Å². The van der Waals surface area contributed by atoms with Gasteiger partial charge in [-0.1, -0.05) is 0 Å². The molecule has 0 bridgehead atoms. The van der Waals surface area contributed by atoms with Crippen LogP contribution < -0.4 is 15.5 Å². The molecule has 0 aliphatic carbocycles. The van der Waals surface area contributed by atoms with Gasteiger partial charge in [-0.15, -0.1) is 0 Å². The number of hydrogen-bond donors (Lipinski definition) is 2. The maximum atomic E-state index is 13.4. The van der Waals surface area contributed by atoms with E-state index in [2.05, 4.69) is 15.6 Å². The lowest BCUT2D eigenvalue weighted by Crippen LogP contribution is -2.20. The Kier molecular flexibility index (Phi) is 3.21. The van der Waals surface area contributed by atoms with Crippen LogP contribution in [0.2, 0.25) is 0 Å². The topological polar surface area (TPSA) is 57.3 Å². The van der Waals surface area contributed by atoms with E-state index in [-0.39, 0.29) is 11.7 Å². The molecule has 2 N–H and O–H groups in total. The Morgan fingerprint density at radius 3 is 2.76 bits per heavy atom. The summed E-state index contributed by atoms with van der Waals surface area (Å²) >= 11 is 0. The van der Waals surface area contributed by atoms with Crippen molar-refractivity contribution in [1.82, 2.24) is 4.98 Å². The maximum Gasteiger partial charge on any atom is 0.251 e. The third-order valence-electron chi connectivity index (χ3n) is 3.36. The van der Waals surface area contributed by atoms with Crippen molar-refractivity contribution in [3.8, 4) is 0 Å². The van der Waals surface area contributed by atoms with Crippen LogP contribution in [-0.4, -0.2) is 25.0 Å². The number of hydrogen-bond acceptors (Lipinski definition) is 4. The van der Waals surface area contributed by atoms with E-state index < -0.39 is 6.04 Å². The van der Waals surface area contributed by atoms with Gasteiger partial charge in [0.15, 0.2) is 0 Å². The Morgan fingerprint density at radius 1 is 1.29 bits per heavy atom. The van der Waals surface area contributed by atoms with Gasteiger partial charge in [0.2, 0.25) is 0 Å². The molecule has 3 rings (SSSR count). The number of pyridine rings is 1. The maximum absolute atomic E-state index is 13.4. The highest BCUT2D eigenvalue weighted by Crippen LogP contribution is 2.33. The van der Waals surface area contributed by atoms with Gasteiger partial charge < -0.3 is 15.5 Å². The summed E-state index contributed by atoms with van der Waals surface area (Å²) in [6, 6.07) is 7.34. The van der Waals surface area contributed by atoms with Crippen molar-refractivity contribution < 1.29 is 9.18 Å². The molecule has 1 amide bonds. The molecule has 1 atom stereocenters. The first-order chi connectivity index (χ1) is 10.0. The van der Waals surface area contributed by atoms with Gasteiger partial charge in [-0.05, 0) is 30.3 Å². The first kappa shape index (κ1) is 13.4. The van der Waals surface area contributed by atoms with E-state index >= 15 is 0 Å². The molecule has 6 heteroatoms. The van der Waals surface area contributed by atoms with E-state index in [1.807, 2.05) is 31.1 Å². The molecule has 1 aliphatic rings. The summed E-state index contributed by atoms with van der Waals surface area (Å²) in [5, 5.41) is 5.81. The number of halogens is 1. The number of nitrogens with zero attached hydrogens (tertiary/aromatic N) is 2. The summed E-state index contributed by atoms with van der Waals surface area (Å²) < 4.78 is 13.4. The summed E-state index contributed by atoms with van der Waals surface area (Å²) in [6.45, 7) is 0. The highest BCUT2D eigenvalue weighted by molar-refractivity contribution is 6.04. The predicted octanol–water partition coefficient (Wildman–Crippen LogP) is 2.39. The molecule has 0 saturated heterocycles. The summed E-state index contributed by atoms with van der Waals surface area (Å²) in [7, 11) is 3.80. The Bertz CT molecular complexity index is 685. The predicted molar refractivity (Wildman–Crippen MR) is 80.0 cm³/mol. The third-order valence-corrected chi connectivity index (χ3v) is 3.36. The van der Waals surface area contributed by atoms with Crippen LogP contribution in [0, 0.1) is 5.82 Å². The fraction of sp³-hybridized carbons (Fsp3) is 0.200. The number of aromatic nitrogens is 1. The molecular formula is C15H15FN4O. The van der Waals surface area contributed by atoms with E-state index in [4.69, 9.17) is 0 Å². The zero-order valence-electron chi connectivity index (χ0n) is 11.7. The number of anilines is 3. The fourth-order valence-electron chi connectivity index (χ4n) is 2.28. The molecule has 1 aromatic carbocycles. The van der Waals surface area contributed by atoms with Crippen molar-refractivity contribution in [1.29, 1.82) is 0 Å². The number of carbonyl (C=O) groups is 1. The number of nitrogens with one attached hydrogen (secondary N) is 2. The van der Waals surface area contributed by atoms with Gasteiger partial charge in [0.25, 0.3) is 5.91 Å². The first-order valence-electron chi connectivity index (χ1n) is 6.55. The minimum Gasteiger partial charge on any atom is -0.369 e. The summed E-state index contributed by atoms with van der Waals surface area (Å²) in [5.41, 5.74) is 1.95. The molecule has 1 aromatic heterocycles. The second-order valence-corrected chi connectivity index (χ2v) is 5.10. The van der Waals surface area contributed by atoms with Crippen LogP contribution in [-0.2, 0) is 4.79 Å². The van der Waals surface area contributed by atoms with Crippen LogP contribution in [0.1, 0.15) is 11.6 Å². The Morgan fingerprint density at radius 2 is 2.10 bits per heavy atom. The van der Waals surface area contributed by atoms with Gasteiger partial charge in [0, 0.05) is 25.3 Å². The van der Waals surface area contributed by atoms with Gasteiger partial charge in [-0.25, -0.2) is 9.37 Å². The SMILES string of the molecule is CN(C)c1ccc(NC2C(=O)Nc3ccc(F)cc32)cn1. The summed E-state index contributed by atoms with van der Waals surface area (Å²) in [6.07, 6.45) is 1.65. The van der Waals surface area contributed by atoms with Gasteiger partial charge in [-0.2, -0.15) is 0 Å². The molecule has 108 valence electrons. The highest BCUT2D eigenvalue weighted by Gasteiger charge is 2.30. The van der Waals surface area contributed by atoms with E-state index in [1.165, 1.54) is 12.1 Å². The molecule has 0 fully saturated rings. The molecular weight excluding hydrogens is 271 g/mol. The van der Waals surface area contributed by atoms with Crippen LogP contribution in [0.15, 0.2) is 36.5 Å². The monoisotopic (exact) mass is 286 g/mol. The minimum absolute atomic E-state index is 0.202. The van der Waals surface area contributed by atoms with Crippen molar-refractivity contribution in [3.63, 3.8) is 0 Å². The lowest BCUT2D eigenvalue weighted by atomic mass is 10.1. The van der Waals surface area contributed by atoms with Crippen LogP contribution in [0.25, 0.3) is 0 Å². The zero-order valence-corrected chi connectivity index (χ0v) is 11.7. The number of rotatable bonds is 3. The smallest absolute Gasteiger partial charge is 0.251 e. The van der Waals surface area contributed by atoms with E-state index in [9.17, 15) is 9.18 Å². The number of benzene rings is 1. The molecule has 2 aromatic rings. The van der Waals surface area contributed by atoms with Gasteiger partial charge in [-0.3, -0.25) is 4.79 Å². The second-order valence-electron chi connectivity index (χ2n) is 5.10. The van der Waals surface area contributed by atoms with Gasteiger partial charge in [0.05, 0.1) is 11.9 Å². The minimum atomic E-state index is -0.609. The molecule has 5 nitrogen and oxygen atoms in total. The molecule has 21 heavy (non-hydrogen) atoms. The van der Waals surface area contributed by atoms with Crippen molar-refractivity contribution in [2.24, 2.45) is 0 Å². The van der Waals surface area contributed by atoms with Gasteiger partial charge >= 0.3 is 0 Å². The number of amides is 1. The van der Waals surface area contributed by atoms with Crippen molar-refractivity contribution in [2.75, 3.05) is 29.6 Å². The average molecular weight is 286 g/mol.